The quantitative estimate of drug-likeness (QED) is 0.813. The van der Waals surface area contributed by atoms with Crippen molar-refractivity contribution >= 4 is 0 Å². The molecule has 1 aromatic carbocycles. The summed E-state index contributed by atoms with van der Waals surface area (Å²) in [6, 6.07) is 14.2. The van der Waals surface area contributed by atoms with Crippen molar-refractivity contribution < 1.29 is 4.74 Å². The van der Waals surface area contributed by atoms with Crippen LogP contribution in [0.15, 0.2) is 54.9 Å². The monoisotopic (exact) mass is 311 g/mol. The van der Waals surface area contributed by atoms with E-state index in [4.69, 9.17) is 4.74 Å². The SMILES string of the molecule is c1ccc(OCCN(Cc2cccnc2)C[C@@H]2CCNC2)cc1. The summed E-state index contributed by atoms with van der Waals surface area (Å²) in [5, 5.41) is 3.45. The zero-order valence-corrected chi connectivity index (χ0v) is 13.5. The minimum Gasteiger partial charge on any atom is -0.492 e. The van der Waals surface area contributed by atoms with E-state index in [2.05, 4.69) is 21.3 Å². The van der Waals surface area contributed by atoms with Crippen molar-refractivity contribution in [1.82, 2.24) is 15.2 Å². The Bertz CT molecular complexity index is 555. The lowest BCUT2D eigenvalue weighted by Crippen LogP contribution is -2.33. The molecular formula is C19H25N3O. The van der Waals surface area contributed by atoms with Gasteiger partial charge < -0.3 is 10.1 Å². The van der Waals surface area contributed by atoms with Gasteiger partial charge in [0.2, 0.25) is 0 Å². The molecule has 0 bridgehead atoms. The highest BCUT2D eigenvalue weighted by atomic mass is 16.5. The van der Waals surface area contributed by atoms with Gasteiger partial charge in [-0.05, 0) is 49.2 Å². The third kappa shape index (κ3) is 5.34. The predicted molar refractivity (Wildman–Crippen MR) is 92.4 cm³/mol. The highest BCUT2D eigenvalue weighted by Gasteiger charge is 2.18. The zero-order chi connectivity index (χ0) is 15.7. The molecule has 2 heterocycles. The van der Waals surface area contributed by atoms with E-state index >= 15 is 0 Å². The molecule has 0 unspecified atom stereocenters. The Morgan fingerprint density at radius 3 is 2.83 bits per heavy atom. The molecule has 1 aliphatic heterocycles. The first-order chi connectivity index (χ1) is 11.4. The molecule has 3 rings (SSSR count). The molecule has 1 aliphatic rings. The molecule has 1 atom stereocenters. The Balaban J connectivity index is 1.53. The molecule has 0 spiro atoms. The molecule has 4 heteroatoms. The van der Waals surface area contributed by atoms with Crippen molar-refractivity contribution in [2.24, 2.45) is 5.92 Å². The number of rotatable bonds is 8. The van der Waals surface area contributed by atoms with Gasteiger partial charge in [0.1, 0.15) is 12.4 Å². The second kappa shape index (κ2) is 8.65. The number of hydrogen-bond acceptors (Lipinski definition) is 4. The smallest absolute Gasteiger partial charge is 0.119 e. The van der Waals surface area contributed by atoms with Crippen LogP contribution in [0.3, 0.4) is 0 Å². The Morgan fingerprint density at radius 1 is 1.17 bits per heavy atom. The van der Waals surface area contributed by atoms with Crippen molar-refractivity contribution in [2.75, 3.05) is 32.8 Å². The number of benzene rings is 1. The van der Waals surface area contributed by atoms with Crippen molar-refractivity contribution in [2.45, 2.75) is 13.0 Å². The average molecular weight is 311 g/mol. The van der Waals surface area contributed by atoms with Crippen molar-refractivity contribution in [3.63, 3.8) is 0 Å². The molecule has 1 saturated heterocycles. The molecule has 0 aliphatic carbocycles. The molecule has 122 valence electrons. The largest absolute Gasteiger partial charge is 0.492 e. The van der Waals surface area contributed by atoms with Crippen LogP contribution in [0.25, 0.3) is 0 Å². The molecular weight excluding hydrogens is 286 g/mol. The molecule has 1 N–H and O–H groups in total. The molecule has 2 aromatic rings. The van der Waals surface area contributed by atoms with Gasteiger partial charge in [0.15, 0.2) is 0 Å². The van der Waals surface area contributed by atoms with Crippen LogP contribution >= 0.6 is 0 Å². The van der Waals surface area contributed by atoms with Crippen molar-refractivity contribution in [3.05, 3.63) is 60.4 Å². The van der Waals surface area contributed by atoms with Gasteiger partial charge in [-0.3, -0.25) is 9.88 Å². The van der Waals surface area contributed by atoms with E-state index in [1.165, 1.54) is 12.0 Å². The molecule has 0 amide bonds. The van der Waals surface area contributed by atoms with Gasteiger partial charge in [0.25, 0.3) is 0 Å². The van der Waals surface area contributed by atoms with E-state index in [-0.39, 0.29) is 0 Å². The van der Waals surface area contributed by atoms with E-state index in [0.29, 0.717) is 6.61 Å². The van der Waals surface area contributed by atoms with E-state index in [1.54, 1.807) is 0 Å². The number of hydrogen-bond donors (Lipinski definition) is 1. The lowest BCUT2D eigenvalue weighted by molar-refractivity contribution is 0.182. The summed E-state index contributed by atoms with van der Waals surface area (Å²) in [6.07, 6.45) is 5.05. The van der Waals surface area contributed by atoms with Gasteiger partial charge in [-0.25, -0.2) is 0 Å². The minimum absolute atomic E-state index is 0.713. The van der Waals surface area contributed by atoms with Crippen molar-refractivity contribution in [1.29, 1.82) is 0 Å². The zero-order valence-electron chi connectivity index (χ0n) is 13.5. The van der Waals surface area contributed by atoms with Gasteiger partial charge in [-0.2, -0.15) is 0 Å². The number of ether oxygens (including phenoxy) is 1. The Hall–Kier alpha value is -1.91. The van der Waals surface area contributed by atoms with Gasteiger partial charge in [-0.1, -0.05) is 24.3 Å². The van der Waals surface area contributed by atoms with Crippen LogP contribution in [-0.4, -0.2) is 42.7 Å². The summed E-state index contributed by atoms with van der Waals surface area (Å²) in [4.78, 5) is 6.71. The molecule has 0 saturated carbocycles. The third-order valence-corrected chi connectivity index (χ3v) is 4.23. The van der Waals surface area contributed by atoms with Gasteiger partial charge in [-0.15, -0.1) is 0 Å². The highest BCUT2D eigenvalue weighted by molar-refractivity contribution is 5.20. The summed E-state index contributed by atoms with van der Waals surface area (Å²) >= 11 is 0. The maximum atomic E-state index is 5.87. The number of nitrogens with zero attached hydrogens (tertiary/aromatic N) is 2. The van der Waals surface area contributed by atoms with Crippen molar-refractivity contribution in [3.8, 4) is 5.75 Å². The van der Waals surface area contributed by atoms with Crippen LogP contribution in [0.1, 0.15) is 12.0 Å². The van der Waals surface area contributed by atoms with E-state index in [0.717, 1.165) is 44.4 Å². The normalized spacial score (nSPS) is 17.5. The fourth-order valence-corrected chi connectivity index (χ4v) is 3.03. The standard InChI is InChI=1S/C19H25N3O/c1-2-6-19(7-3-1)23-12-11-22(16-18-8-10-21-14-18)15-17-5-4-9-20-13-17/h1-7,9,13,18,21H,8,10-12,14-16H2/t18-/m1/s1. The maximum absolute atomic E-state index is 5.87. The van der Waals surface area contributed by atoms with Gasteiger partial charge in [0, 0.05) is 32.0 Å². The fraction of sp³-hybridized carbons (Fsp3) is 0.421. The number of pyridine rings is 1. The van der Waals surface area contributed by atoms with E-state index in [9.17, 15) is 0 Å². The van der Waals surface area contributed by atoms with Gasteiger partial charge in [0.05, 0.1) is 0 Å². The average Bonchev–Trinajstić information content (AvgIpc) is 3.10. The fourth-order valence-electron chi connectivity index (χ4n) is 3.03. The lowest BCUT2D eigenvalue weighted by Gasteiger charge is -2.25. The Labute approximate surface area is 138 Å². The summed E-state index contributed by atoms with van der Waals surface area (Å²) in [7, 11) is 0. The first-order valence-corrected chi connectivity index (χ1v) is 8.40. The second-order valence-electron chi connectivity index (χ2n) is 6.12. The summed E-state index contributed by atoms with van der Waals surface area (Å²) in [6.45, 7) is 5.96. The van der Waals surface area contributed by atoms with Crippen LogP contribution in [0, 0.1) is 5.92 Å². The van der Waals surface area contributed by atoms with E-state index in [1.807, 2.05) is 48.8 Å². The lowest BCUT2D eigenvalue weighted by atomic mass is 10.1. The first-order valence-electron chi connectivity index (χ1n) is 8.40. The first kappa shape index (κ1) is 16.0. The summed E-state index contributed by atoms with van der Waals surface area (Å²) in [5.74, 6) is 1.68. The van der Waals surface area contributed by atoms with Crippen LogP contribution < -0.4 is 10.1 Å². The van der Waals surface area contributed by atoms with Gasteiger partial charge >= 0.3 is 0 Å². The number of aromatic nitrogens is 1. The van der Waals surface area contributed by atoms with Crippen LogP contribution in [0.4, 0.5) is 0 Å². The molecule has 0 radical (unpaired) electrons. The number of para-hydroxylation sites is 1. The minimum atomic E-state index is 0.713. The summed E-state index contributed by atoms with van der Waals surface area (Å²) < 4.78 is 5.87. The van der Waals surface area contributed by atoms with Crippen LogP contribution in [0.2, 0.25) is 0 Å². The molecule has 1 aromatic heterocycles. The number of nitrogens with one attached hydrogen (secondary N) is 1. The molecule has 1 fully saturated rings. The maximum Gasteiger partial charge on any atom is 0.119 e. The van der Waals surface area contributed by atoms with E-state index < -0.39 is 0 Å². The Kier molecular flexibility index (Phi) is 6.01. The molecule has 23 heavy (non-hydrogen) atoms. The molecule has 4 nitrogen and oxygen atoms in total. The predicted octanol–water partition coefficient (Wildman–Crippen LogP) is 2.57. The second-order valence-corrected chi connectivity index (χ2v) is 6.12. The summed E-state index contributed by atoms with van der Waals surface area (Å²) in [5.41, 5.74) is 1.26. The topological polar surface area (TPSA) is 37.4 Å². The third-order valence-electron chi connectivity index (χ3n) is 4.23. The van der Waals surface area contributed by atoms with Crippen LogP contribution in [0.5, 0.6) is 5.75 Å². The van der Waals surface area contributed by atoms with Crippen LogP contribution in [-0.2, 0) is 6.54 Å². The Morgan fingerprint density at radius 2 is 2.09 bits per heavy atom. The highest BCUT2D eigenvalue weighted by Crippen LogP contribution is 2.13.